The van der Waals surface area contributed by atoms with Gasteiger partial charge in [0.25, 0.3) is 0 Å². The Balaban J connectivity index is 2.60. The molecule has 0 amide bonds. The predicted octanol–water partition coefficient (Wildman–Crippen LogP) is 1.05. The zero-order valence-corrected chi connectivity index (χ0v) is 6.54. The molecule has 0 spiro atoms. The van der Waals surface area contributed by atoms with Gasteiger partial charge in [0.2, 0.25) is 0 Å². The van der Waals surface area contributed by atoms with Crippen LogP contribution in [0.5, 0.6) is 0 Å². The van der Waals surface area contributed by atoms with Crippen molar-refractivity contribution in [3.8, 4) is 0 Å². The first kappa shape index (κ1) is 8.27. The average molecular weight is 156 g/mol. The van der Waals surface area contributed by atoms with Crippen LogP contribution in [0.3, 0.4) is 0 Å². The number of carbonyl (C=O) groups is 1. The summed E-state index contributed by atoms with van der Waals surface area (Å²) >= 11 is 0. The van der Waals surface area contributed by atoms with E-state index >= 15 is 0 Å². The summed E-state index contributed by atoms with van der Waals surface area (Å²) in [6, 6.07) is 0. The molecule has 0 aromatic rings. The van der Waals surface area contributed by atoms with Gasteiger partial charge in [0.1, 0.15) is 0 Å². The van der Waals surface area contributed by atoms with Crippen LogP contribution in [-0.2, 0) is 9.53 Å². The summed E-state index contributed by atoms with van der Waals surface area (Å²) in [5.74, 6) is -0.903. The van der Waals surface area contributed by atoms with Crippen LogP contribution in [0.25, 0.3) is 0 Å². The summed E-state index contributed by atoms with van der Waals surface area (Å²) in [4.78, 5) is 10.5. The molecule has 0 aromatic carbocycles. The minimum atomic E-state index is -0.910. The summed E-state index contributed by atoms with van der Waals surface area (Å²) in [7, 11) is 0. The van der Waals surface area contributed by atoms with Gasteiger partial charge in [-0.3, -0.25) is 0 Å². The third-order valence-corrected chi connectivity index (χ3v) is 2.10. The van der Waals surface area contributed by atoms with Gasteiger partial charge in [-0.05, 0) is 13.3 Å². The summed E-state index contributed by atoms with van der Waals surface area (Å²) in [5, 5.41) is 8.61. The number of carboxylic acids is 1. The molecule has 1 N–H and O–H groups in total. The summed E-state index contributed by atoms with van der Waals surface area (Å²) in [6.07, 6.45) is 0.797. The molecular weight excluding hydrogens is 144 g/mol. The Hall–Kier alpha value is -0.830. The van der Waals surface area contributed by atoms with E-state index in [0.717, 1.165) is 6.42 Å². The Bertz CT molecular complexity index is 186. The van der Waals surface area contributed by atoms with E-state index in [1.54, 1.807) is 0 Å². The molecule has 1 heterocycles. The van der Waals surface area contributed by atoms with Crippen molar-refractivity contribution in [1.82, 2.24) is 0 Å². The van der Waals surface area contributed by atoms with Crippen molar-refractivity contribution in [2.45, 2.75) is 19.4 Å². The van der Waals surface area contributed by atoms with E-state index in [4.69, 9.17) is 9.84 Å². The highest BCUT2D eigenvalue weighted by Crippen LogP contribution is 2.26. The molecule has 11 heavy (non-hydrogen) atoms. The molecule has 1 rings (SSSR count). The van der Waals surface area contributed by atoms with Crippen LogP contribution in [-0.4, -0.2) is 23.8 Å². The Morgan fingerprint density at radius 3 is 2.73 bits per heavy atom. The van der Waals surface area contributed by atoms with E-state index in [9.17, 15) is 4.79 Å². The van der Waals surface area contributed by atoms with E-state index in [2.05, 4.69) is 6.58 Å². The molecule has 0 bridgehead atoms. The van der Waals surface area contributed by atoms with Crippen molar-refractivity contribution in [3.05, 3.63) is 12.2 Å². The van der Waals surface area contributed by atoms with Gasteiger partial charge in [-0.1, -0.05) is 6.58 Å². The Kier molecular flexibility index (Phi) is 2.29. The van der Waals surface area contributed by atoms with Crippen LogP contribution in [0.4, 0.5) is 0 Å². The van der Waals surface area contributed by atoms with Gasteiger partial charge < -0.3 is 9.84 Å². The Labute approximate surface area is 65.7 Å². The second kappa shape index (κ2) is 3.05. The second-order valence-electron chi connectivity index (χ2n) is 2.80. The third kappa shape index (κ3) is 1.60. The molecule has 0 aliphatic carbocycles. The molecule has 3 nitrogen and oxygen atoms in total. The first-order chi connectivity index (χ1) is 5.13. The molecule has 0 saturated carbocycles. The first-order valence-electron chi connectivity index (χ1n) is 3.66. The highest BCUT2D eigenvalue weighted by Gasteiger charge is 2.29. The van der Waals surface area contributed by atoms with Crippen molar-refractivity contribution in [2.24, 2.45) is 5.92 Å². The number of carboxylic acid groups (broad SMARTS) is 1. The maximum atomic E-state index is 10.5. The standard InChI is InChI=1S/C8H12O3/c1-5(8(9)10)7-3-4-11-6(7)2/h6-7H,1,3-4H2,2H3,(H,9,10). The Morgan fingerprint density at radius 2 is 2.36 bits per heavy atom. The van der Waals surface area contributed by atoms with Crippen LogP contribution in [0.15, 0.2) is 12.2 Å². The average Bonchev–Trinajstić information content (AvgIpc) is 2.33. The smallest absolute Gasteiger partial charge is 0.331 e. The van der Waals surface area contributed by atoms with Gasteiger partial charge in [0.15, 0.2) is 0 Å². The monoisotopic (exact) mass is 156 g/mol. The summed E-state index contributed by atoms with van der Waals surface area (Å²) in [6.45, 7) is 6.04. The molecule has 3 heteroatoms. The second-order valence-corrected chi connectivity index (χ2v) is 2.80. The lowest BCUT2D eigenvalue weighted by molar-refractivity contribution is -0.133. The van der Waals surface area contributed by atoms with Crippen LogP contribution in [0.2, 0.25) is 0 Å². The molecule has 1 aliphatic heterocycles. The zero-order chi connectivity index (χ0) is 8.43. The van der Waals surface area contributed by atoms with Crippen molar-refractivity contribution in [3.63, 3.8) is 0 Å². The topological polar surface area (TPSA) is 46.5 Å². The highest BCUT2D eigenvalue weighted by atomic mass is 16.5. The van der Waals surface area contributed by atoms with Crippen LogP contribution < -0.4 is 0 Å². The molecular formula is C8H12O3. The normalized spacial score (nSPS) is 30.3. The van der Waals surface area contributed by atoms with E-state index < -0.39 is 5.97 Å². The lowest BCUT2D eigenvalue weighted by Gasteiger charge is -2.12. The minimum Gasteiger partial charge on any atom is -0.478 e. The molecule has 1 fully saturated rings. The van der Waals surface area contributed by atoms with Crippen molar-refractivity contribution in [1.29, 1.82) is 0 Å². The van der Waals surface area contributed by atoms with Gasteiger partial charge >= 0.3 is 5.97 Å². The maximum Gasteiger partial charge on any atom is 0.331 e. The number of ether oxygens (including phenoxy) is 1. The first-order valence-corrected chi connectivity index (χ1v) is 3.66. The SMILES string of the molecule is C=C(C(=O)O)C1CCOC1C. The fraction of sp³-hybridized carbons (Fsp3) is 0.625. The lowest BCUT2D eigenvalue weighted by Crippen LogP contribution is -2.18. The van der Waals surface area contributed by atoms with E-state index in [0.29, 0.717) is 6.61 Å². The fourth-order valence-corrected chi connectivity index (χ4v) is 1.35. The molecule has 1 saturated heterocycles. The molecule has 0 radical (unpaired) electrons. The summed E-state index contributed by atoms with van der Waals surface area (Å²) < 4.78 is 5.21. The van der Waals surface area contributed by atoms with Gasteiger partial charge in [-0.15, -0.1) is 0 Å². The van der Waals surface area contributed by atoms with Crippen LogP contribution in [0.1, 0.15) is 13.3 Å². The molecule has 2 unspecified atom stereocenters. The number of rotatable bonds is 2. The molecule has 2 atom stereocenters. The van der Waals surface area contributed by atoms with Crippen LogP contribution in [0, 0.1) is 5.92 Å². The van der Waals surface area contributed by atoms with Crippen molar-refractivity contribution in [2.75, 3.05) is 6.61 Å². The van der Waals surface area contributed by atoms with E-state index in [-0.39, 0.29) is 17.6 Å². The Morgan fingerprint density at radius 1 is 1.73 bits per heavy atom. The molecule has 1 aliphatic rings. The van der Waals surface area contributed by atoms with E-state index in [1.165, 1.54) is 0 Å². The van der Waals surface area contributed by atoms with Gasteiger partial charge in [-0.2, -0.15) is 0 Å². The number of aliphatic carboxylic acids is 1. The van der Waals surface area contributed by atoms with Gasteiger partial charge in [-0.25, -0.2) is 4.79 Å². The molecule has 62 valence electrons. The quantitative estimate of drug-likeness (QED) is 0.608. The van der Waals surface area contributed by atoms with Crippen molar-refractivity contribution < 1.29 is 14.6 Å². The van der Waals surface area contributed by atoms with Crippen molar-refractivity contribution >= 4 is 5.97 Å². The highest BCUT2D eigenvalue weighted by molar-refractivity contribution is 5.86. The van der Waals surface area contributed by atoms with Gasteiger partial charge in [0, 0.05) is 18.1 Å². The zero-order valence-electron chi connectivity index (χ0n) is 6.54. The van der Waals surface area contributed by atoms with E-state index in [1.807, 2.05) is 6.92 Å². The van der Waals surface area contributed by atoms with Gasteiger partial charge in [0.05, 0.1) is 6.10 Å². The molecule has 0 aromatic heterocycles. The number of hydrogen-bond acceptors (Lipinski definition) is 2. The fourth-order valence-electron chi connectivity index (χ4n) is 1.35. The lowest BCUT2D eigenvalue weighted by atomic mass is 9.94. The predicted molar refractivity (Wildman–Crippen MR) is 40.3 cm³/mol. The minimum absolute atomic E-state index is 0.00694. The number of hydrogen-bond donors (Lipinski definition) is 1. The third-order valence-electron chi connectivity index (χ3n) is 2.10. The maximum absolute atomic E-state index is 10.5. The largest absolute Gasteiger partial charge is 0.478 e. The van der Waals surface area contributed by atoms with Crippen LogP contribution >= 0.6 is 0 Å². The summed E-state index contributed by atoms with van der Waals surface area (Å²) in [5.41, 5.74) is 0.273.